The predicted octanol–water partition coefficient (Wildman–Crippen LogP) is 0.866. The van der Waals surface area contributed by atoms with Crippen LogP contribution in [0.5, 0.6) is 0 Å². The minimum Gasteiger partial charge on any atom is -0.481 e. The zero-order valence-electron chi connectivity index (χ0n) is 8.95. The van der Waals surface area contributed by atoms with Crippen LogP contribution in [0.2, 0.25) is 0 Å². The SMILES string of the molecule is O=C(O)C1CCCNC1C1CCOCC1. The molecule has 4 nitrogen and oxygen atoms in total. The van der Waals surface area contributed by atoms with Crippen molar-refractivity contribution in [3.05, 3.63) is 0 Å². The van der Waals surface area contributed by atoms with E-state index in [-0.39, 0.29) is 12.0 Å². The summed E-state index contributed by atoms with van der Waals surface area (Å²) in [6, 6.07) is 0.167. The van der Waals surface area contributed by atoms with Gasteiger partial charge in [-0.3, -0.25) is 4.79 Å². The molecule has 0 amide bonds. The Morgan fingerprint density at radius 2 is 2.00 bits per heavy atom. The highest BCUT2D eigenvalue weighted by Crippen LogP contribution is 2.28. The van der Waals surface area contributed by atoms with Crippen LogP contribution >= 0.6 is 0 Å². The molecule has 2 atom stereocenters. The number of hydrogen-bond acceptors (Lipinski definition) is 3. The summed E-state index contributed by atoms with van der Waals surface area (Å²) in [5.74, 6) is -0.347. The van der Waals surface area contributed by atoms with Gasteiger partial charge < -0.3 is 15.2 Å². The van der Waals surface area contributed by atoms with Crippen molar-refractivity contribution in [3.8, 4) is 0 Å². The molecule has 0 spiro atoms. The van der Waals surface area contributed by atoms with Crippen molar-refractivity contribution in [2.45, 2.75) is 31.7 Å². The van der Waals surface area contributed by atoms with Crippen LogP contribution in [0.3, 0.4) is 0 Å². The van der Waals surface area contributed by atoms with Gasteiger partial charge in [-0.05, 0) is 38.1 Å². The molecule has 2 heterocycles. The Hall–Kier alpha value is -0.610. The Bertz CT molecular complexity index is 226. The highest BCUT2D eigenvalue weighted by Gasteiger charge is 2.36. The fourth-order valence-corrected chi connectivity index (χ4v) is 2.76. The molecule has 0 radical (unpaired) electrons. The van der Waals surface area contributed by atoms with Crippen LogP contribution in [0, 0.1) is 11.8 Å². The van der Waals surface area contributed by atoms with Crippen molar-refractivity contribution in [3.63, 3.8) is 0 Å². The van der Waals surface area contributed by atoms with Crippen molar-refractivity contribution in [2.75, 3.05) is 19.8 Å². The number of nitrogens with one attached hydrogen (secondary N) is 1. The number of carboxylic acids is 1. The average molecular weight is 213 g/mol. The van der Waals surface area contributed by atoms with Crippen molar-refractivity contribution < 1.29 is 14.6 Å². The van der Waals surface area contributed by atoms with E-state index in [0.29, 0.717) is 5.92 Å². The summed E-state index contributed by atoms with van der Waals surface area (Å²) in [7, 11) is 0. The second kappa shape index (κ2) is 4.94. The minimum atomic E-state index is -0.640. The maximum atomic E-state index is 11.1. The predicted molar refractivity (Wildman–Crippen MR) is 55.7 cm³/mol. The van der Waals surface area contributed by atoms with Gasteiger partial charge in [0.15, 0.2) is 0 Å². The number of carbonyl (C=O) groups is 1. The standard InChI is InChI=1S/C11H19NO3/c13-11(14)9-2-1-5-12-10(9)8-3-6-15-7-4-8/h8-10,12H,1-7H2,(H,13,14). The van der Waals surface area contributed by atoms with Gasteiger partial charge in [-0.2, -0.15) is 0 Å². The van der Waals surface area contributed by atoms with Gasteiger partial charge >= 0.3 is 5.97 Å². The monoisotopic (exact) mass is 213 g/mol. The molecule has 2 fully saturated rings. The molecule has 0 aromatic heterocycles. The molecule has 2 N–H and O–H groups in total. The highest BCUT2D eigenvalue weighted by atomic mass is 16.5. The van der Waals surface area contributed by atoms with Crippen LogP contribution in [-0.4, -0.2) is 36.9 Å². The summed E-state index contributed by atoms with van der Waals surface area (Å²) >= 11 is 0. The molecule has 0 aromatic carbocycles. The zero-order valence-corrected chi connectivity index (χ0v) is 8.95. The molecule has 2 aliphatic rings. The minimum absolute atomic E-state index is 0.167. The highest BCUT2D eigenvalue weighted by molar-refractivity contribution is 5.71. The van der Waals surface area contributed by atoms with Gasteiger partial charge in [0, 0.05) is 19.3 Å². The number of hydrogen-bond donors (Lipinski definition) is 2. The van der Waals surface area contributed by atoms with E-state index in [4.69, 9.17) is 9.84 Å². The number of ether oxygens (including phenoxy) is 1. The molecule has 0 aliphatic carbocycles. The lowest BCUT2D eigenvalue weighted by atomic mass is 9.79. The fraction of sp³-hybridized carbons (Fsp3) is 0.909. The first-order valence-corrected chi connectivity index (χ1v) is 5.83. The van der Waals surface area contributed by atoms with Gasteiger partial charge in [-0.15, -0.1) is 0 Å². The van der Waals surface area contributed by atoms with Crippen LogP contribution in [0.1, 0.15) is 25.7 Å². The molecule has 2 aliphatic heterocycles. The summed E-state index contributed by atoms with van der Waals surface area (Å²) in [4.78, 5) is 11.1. The van der Waals surface area contributed by atoms with Crippen LogP contribution in [0.25, 0.3) is 0 Å². The molecule has 86 valence electrons. The van der Waals surface area contributed by atoms with Crippen molar-refractivity contribution in [2.24, 2.45) is 11.8 Å². The Morgan fingerprint density at radius 3 is 2.67 bits per heavy atom. The summed E-state index contributed by atoms with van der Waals surface area (Å²) in [5.41, 5.74) is 0. The average Bonchev–Trinajstić information content (AvgIpc) is 2.30. The third-order valence-corrected chi connectivity index (χ3v) is 3.60. The van der Waals surface area contributed by atoms with Gasteiger partial charge in [0.05, 0.1) is 5.92 Å². The topological polar surface area (TPSA) is 58.6 Å². The molecular weight excluding hydrogens is 194 g/mol. The maximum Gasteiger partial charge on any atom is 0.308 e. The lowest BCUT2D eigenvalue weighted by Crippen LogP contribution is -2.50. The molecule has 4 heteroatoms. The van der Waals surface area contributed by atoms with Crippen LogP contribution < -0.4 is 5.32 Å². The lowest BCUT2D eigenvalue weighted by molar-refractivity contribution is -0.144. The summed E-state index contributed by atoms with van der Waals surface area (Å²) < 4.78 is 5.31. The van der Waals surface area contributed by atoms with Gasteiger partial charge in [0.2, 0.25) is 0 Å². The second-order valence-corrected chi connectivity index (χ2v) is 4.52. The number of rotatable bonds is 2. The van der Waals surface area contributed by atoms with E-state index in [1.54, 1.807) is 0 Å². The van der Waals surface area contributed by atoms with Gasteiger partial charge in [-0.25, -0.2) is 0 Å². The number of piperidine rings is 1. The molecule has 0 aromatic rings. The number of carboxylic acid groups (broad SMARTS) is 1. The van der Waals surface area contributed by atoms with Gasteiger partial charge in [-0.1, -0.05) is 0 Å². The fourth-order valence-electron chi connectivity index (χ4n) is 2.76. The maximum absolute atomic E-state index is 11.1. The third kappa shape index (κ3) is 2.49. The van der Waals surface area contributed by atoms with Crippen molar-refractivity contribution >= 4 is 5.97 Å². The summed E-state index contributed by atoms with van der Waals surface area (Å²) in [5, 5.41) is 12.6. The molecule has 0 saturated carbocycles. The summed E-state index contributed by atoms with van der Waals surface area (Å²) in [6.45, 7) is 2.54. The van der Waals surface area contributed by atoms with Crippen molar-refractivity contribution in [1.29, 1.82) is 0 Å². The molecule has 2 saturated heterocycles. The first-order valence-electron chi connectivity index (χ1n) is 5.83. The quantitative estimate of drug-likeness (QED) is 0.714. The van der Waals surface area contributed by atoms with E-state index < -0.39 is 5.97 Å². The normalized spacial score (nSPS) is 33.9. The van der Waals surface area contributed by atoms with E-state index in [9.17, 15) is 4.79 Å². The molecule has 0 bridgehead atoms. The first kappa shape index (κ1) is 10.9. The Labute approximate surface area is 90.0 Å². The molecular formula is C11H19NO3. The number of aliphatic carboxylic acids is 1. The smallest absolute Gasteiger partial charge is 0.308 e. The third-order valence-electron chi connectivity index (χ3n) is 3.60. The first-order chi connectivity index (χ1) is 7.29. The Kier molecular flexibility index (Phi) is 3.59. The van der Waals surface area contributed by atoms with Crippen molar-refractivity contribution in [1.82, 2.24) is 5.32 Å². The molecule has 2 rings (SSSR count). The van der Waals surface area contributed by atoms with E-state index in [0.717, 1.165) is 45.4 Å². The van der Waals surface area contributed by atoms with E-state index in [1.807, 2.05) is 0 Å². The Balaban J connectivity index is 1.99. The second-order valence-electron chi connectivity index (χ2n) is 4.52. The summed E-state index contributed by atoms with van der Waals surface area (Å²) in [6.07, 6.45) is 3.81. The molecule has 2 unspecified atom stereocenters. The van der Waals surface area contributed by atoms with E-state index in [1.165, 1.54) is 0 Å². The van der Waals surface area contributed by atoms with Crippen LogP contribution in [0.15, 0.2) is 0 Å². The van der Waals surface area contributed by atoms with E-state index in [2.05, 4.69) is 5.32 Å². The lowest BCUT2D eigenvalue weighted by Gasteiger charge is -2.37. The Morgan fingerprint density at radius 1 is 1.27 bits per heavy atom. The molecule has 15 heavy (non-hydrogen) atoms. The van der Waals surface area contributed by atoms with Gasteiger partial charge in [0.1, 0.15) is 0 Å². The van der Waals surface area contributed by atoms with Crippen LogP contribution in [-0.2, 0) is 9.53 Å². The zero-order chi connectivity index (χ0) is 10.7. The van der Waals surface area contributed by atoms with Crippen LogP contribution in [0.4, 0.5) is 0 Å². The largest absolute Gasteiger partial charge is 0.481 e. The van der Waals surface area contributed by atoms with Gasteiger partial charge in [0.25, 0.3) is 0 Å². The van der Waals surface area contributed by atoms with E-state index >= 15 is 0 Å².